The molecule has 0 aliphatic rings. The van der Waals surface area contributed by atoms with Gasteiger partial charge in [-0.15, -0.1) is 54.1 Å². The zero-order chi connectivity index (χ0) is 33.8. The quantitative estimate of drug-likeness (QED) is 0.119. The van der Waals surface area contributed by atoms with E-state index in [4.69, 9.17) is 4.42 Å². The number of pyridine rings is 2. The van der Waals surface area contributed by atoms with Gasteiger partial charge in [0.15, 0.2) is 0 Å². The molecule has 0 fully saturated rings. The first-order chi connectivity index (χ1) is 23.1. The van der Waals surface area contributed by atoms with Gasteiger partial charge in [-0.25, -0.2) is 0 Å². The van der Waals surface area contributed by atoms with Gasteiger partial charge in [0.1, 0.15) is 5.58 Å². The molecule has 251 valence electrons. The third-order valence-electron chi connectivity index (χ3n) is 9.10. The summed E-state index contributed by atoms with van der Waals surface area (Å²) < 4.78 is 6.44. The number of rotatable bonds is 7. The Morgan fingerprint density at radius 2 is 1.49 bits per heavy atom. The predicted molar refractivity (Wildman–Crippen MR) is 206 cm³/mol. The van der Waals surface area contributed by atoms with E-state index < -0.39 is 8.07 Å². The van der Waals surface area contributed by atoms with Gasteiger partial charge in [-0.1, -0.05) is 110 Å². The molecule has 7 aromatic rings. The van der Waals surface area contributed by atoms with Crippen LogP contribution in [-0.2, 0) is 20.1 Å². The fraction of sp³-hybridized carbons (Fsp3) is 0.227. The minimum atomic E-state index is -1.23. The number of aryl methyl sites for hydroxylation is 2. The standard InChI is InChI=1S/C30H28NO.C14H16NSi.Ir/c1-5-21(6-2)23-12-13-31-28(17-23)27-9-7-8-26-25-11-10-22(18-29(25)32-30(26)27)24-15-19(3)14-20(4)16-24;1-16(2,3)13-9-10-14(15-11-13)12-7-5-4-6-8-12;/h7-8,10-18,21H,5-6H2,1-4H3;4-7,9-11H,1-3H3;/q2*-1;. The van der Waals surface area contributed by atoms with Gasteiger partial charge >= 0.3 is 0 Å². The van der Waals surface area contributed by atoms with Crippen LogP contribution in [0.5, 0.6) is 0 Å². The molecule has 0 atom stereocenters. The predicted octanol–water partition coefficient (Wildman–Crippen LogP) is 11.7. The van der Waals surface area contributed by atoms with Crippen molar-refractivity contribution in [1.29, 1.82) is 0 Å². The fourth-order valence-corrected chi connectivity index (χ4v) is 7.44. The maximum absolute atomic E-state index is 6.44. The summed E-state index contributed by atoms with van der Waals surface area (Å²) >= 11 is 0. The van der Waals surface area contributed by atoms with Crippen LogP contribution in [0.4, 0.5) is 0 Å². The van der Waals surface area contributed by atoms with Crippen molar-refractivity contribution in [2.75, 3.05) is 0 Å². The summed E-state index contributed by atoms with van der Waals surface area (Å²) in [6, 6.07) is 40.4. The summed E-state index contributed by atoms with van der Waals surface area (Å²) in [6.07, 6.45) is 6.18. The largest absolute Gasteiger partial charge is 0.501 e. The maximum Gasteiger partial charge on any atom is 0.121 e. The molecule has 5 heteroatoms. The first kappa shape index (κ1) is 36.1. The van der Waals surface area contributed by atoms with E-state index in [1.165, 1.54) is 33.0 Å². The SMILES string of the molecule is CCC(CC)c1ccnc(-c2[c-]ccc3c2oc2cc(-c4cc(C)cc(C)c4)ccc23)c1.C[Si](C)(C)c1ccc(-c2[c-]cccc2)nc1.[Ir]. The number of aromatic nitrogens is 2. The molecular formula is C44H44IrN2OSi-2. The maximum atomic E-state index is 6.44. The van der Waals surface area contributed by atoms with Crippen LogP contribution in [0.2, 0.25) is 19.6 Å². The monoisotopic (exact) mass is 837 g/mol. The van der Waals surface area contributed by atoms with E-state index in [1.54, 1.807) is 0 Å². The van der Waals surface area contributed by atoms with Gasteiger partial charge in [-0.2, -0.15) is 0 Å². The van der Waals surface area contributed by atoms with E-state index in [9.17, 15) is 0 Å². The molecule has 0 N–H and O–H groups in total. The summed E-state index contributed by atoms with van der Waals surface area (Å²) in [5.41, 5.74) is 11.9. The van der Waals surface area contributed by atoms with E-state index in [0.717, 1.165) is 57.3 Å². The summed E-state index contributed by atoms with van der Waals surface area (Å²) in [5.74, 6) is 0.548. The Morgan fingerprint density at radius 3 is 2.14 bits per heavy atom. The van der Waals surface area contributed by atoms with Crippen molar-refractivity contribution >= 4 is 35.2 Å². The van der Waals surface area contributed by atoms with Crippen LogP contribution in [-0.4, -0.2) is 18.0 Å². The average molecular weight is 837 g/mol. The number of fused-ring (bicyclic) bond motifs is 3. The van der Waals surface area contributed by atoms with Gasteiger partial charge in [-0.05, 0) is 72.4 Å². The van der Waals surface area contributed by atoms with E-state index in [0.29, 0.717) is 5.92 Å². The van der Waals surface area contributed by atoms with Crippen molar-refractivity contribution in [3.05, 3.63) is 138 Å². The molecule has 4 aromatic carbocycles. The molecular weight excluding hydrogens is 793 g/mol. The van der Waals surface area contributed by atoms with Crippen LogP contribution < -0.4 is 5.19 Å². The smallest absolute Gasteiger partial charge is 0.121 e. The topological polar surface area (TPSA) is 38.9 Å². The molecule has 1 radical (unpaired) electrons. The minimum absolute atomic E-state index is 0. The number of nitrogens with zero attached hydrogens (tertiary/aromatic N) is 2. The van der Waals surface area contributed by atoms with Crippen molar-refractivity contribution in [2.45, 2.75) is 66.1 Å². The second-order valence-corrected chi connectivity index (χ2v) is 18.8. The molecule has 0 aliphatic carbocycles. The van der Waals surface area contributed by atoms with E-state index in [1.807, 2.05) is 42.7 Å². The molecule has 0 saturated carbocycles. The Bertz CT molecular complexity index is 2140. The molecule has 0 aliphatic heterocycles. The summed E-state index contributed by atoms with van der Waals surface area (Å²) in [5, 5.41) is 3.63. The molecule has 3 aromatic heterocycles. The molecule has 49 heavy (non-hydrogen) atoms. The van der Waals surface area contributed by atoms with Crippen molar-refractivity contribution in [2.24, 2.45) is 0 Å². The zero-order valence-electron chi connectivity index (χ0n) is 29.5. The van der Waals surface area contributed by atoms with Crippen LogP contribution in [0.3, 0.4) is 0 Å². The van der Waals surface area contributed by atoms with Crippen LogP contribution in [0.25, 0.3) is 55.6 Å². The second kappa shape index (κ2) is 15.6. The van der Waals surface area contributed by atoms with Gasteiger partial charge < -0.3 is 14.4 Å². The molecule has 3 heterocycles. The molecule has 3 nitrogen and oxygen atoms in total. The van der Waals surface area contributed by atoms with Gasteiger partial charge in [0.05, 0.1) is 13.7 Å². The molecule has 0 bridgehead atoms. The summed E-state index contributed by atoms with van der Waals surface area (Å²) in [7, 11) is -1.23. The Hall–Kier alpha value is -4.15. The normalized spacial score (nSPS) is 11.3. The molecule has 0 unspecified atom stereocenters. The molecule has 0 spiro atoms. The zero-order valence-corrected chi connectivity index (χ0v) is 32.9. The summed E-state index contributed by atoms with van der Waals surface area (Å²) in [4.78, 5) is 9.19. The minimum Gasteiger partial charge on any atom is -0.501 e. The Balaban J connectivity index is 0.000000233. The second-order valence-electron chi connectivity index (χ2n) is 13.7. The first-order valence-corrected chi connectivity index (χ1v) is 20.5. The molecule has 7 rings (SSSR count). The van der Waals surface area contributed by atoms with Gasteiger partial charge in [0.25, 0.3) is 0 Å². The van der Waals surface area contributed by atoms with Gasteiger partial charge in [0, 0.05) is 37.9 Å². The Morgan fingerprint density at radius 1 is 0.714 bits per heavy atom. The number of furan rings is 1. The van der Waals surface area contributed by atoms with Crippen LogP contribution in [0.15, 0.2) is 114 Å². The van der Waals surface area contributed by atoms with Crippen molar-refractivity contribution in [3.8, 4) is 33.6 Å². The Kier molecular flexibility index (Phi) is 11.5. The van der Waals surface area contributed by atoms with Gasteiger partial charge in [-0.3, -0.25) is 0 Å². The molecule has 0 saturated heterocycles. The van der Waals surface area contributed by atoms with Crippen molar-refractivity contribution in [3.63, 3.8) is 0 Å². The van der Waals surface area contributed by atoms with Crippen LogP contribution in [0, 0.1) is 26.0 Å². The third kappa shape index (κ3) is 8.19. The Labute approximate surface area is 306 Å². The van der Waals surface area contributed by atoms with Crippen molar-refractivity contribution in [1.82, 2.24) is 9.97 Å². The fourth-order valence-electron chi connectivity index (χ4n) is 6.40. The number of hydrogen-bond acceptors (Lipinski definition) is 3. The molecule has 0 amide bonds. The van der Waals surface area contributed by atoms with E-state index in [-0.39, 0.29) is 20.1 Å². The number of benzene rings is 4. The van der Waals surface area contributed by atoms with E-state index >= 15 is 0 Å². The van der Waals surface area contributed by atoms with Crippen LogP contribution >= 0.6 is 0 Å². The summed E-state index contributed by atoms with van der Waals surface area (Å²) in [6.45, 7) is 15.8. The van der Waals surface area contributed by atoms with Crippen molar-refractivity contribution < 1.29 is 24.5 Å². The third-order valence-corrected chi connectivity index (χ3v) is 11.1. The number of hydrogen-bond donors (Lipinski definition) is 0. The van der Waals surface area contributed by atoms with E-state index in [2.05, 4.69) is 136 Å². The van der Waals surface area contributed by atoms with Gasteiger partial charge in [0.2, 0.25) is 0 Å². The first-order valence-electron chi connectivity index (χ1n) is 17.0. The average Bonchev–Trinajstić information content (AvgIpc) is 3.47. The van der Waals surface area contributed by atoms with Crippen LogP contribution in [0.1, 0.15) is 49.3 Å².